The lowest BCUT2D eigenvalue weighted by atomic mass is 9.92. The van der Waals surface area contributed by atoms with Crippen molar-refractivity contribution in [3.8, 4) is 0 Å². The van der Waals surface area contributed by atoms with Crippen LogP contribution in [0.15, 0.2) is 29.1 Å². The van der Waals surface area contributed by atoms with Gasteiger partial charge in [0, 0.05) is 24.2 Å². The van der Waals surface area contributed by atoms with Gasteiger partial charge in [-0.3, -0.25) is 9.69 Å². The van der Waals surface area contributed by atoms with Gasteiger partial charge in [-0.05, 0) is 65.0 Å². The van der Waals surface area contributed by atoms with Crippen LogP contribution in [0.5, 0.6) is 0 Å². The molecule has 1 aliphatic heterocycles. The minimum atomic E-state index is -0.641. The van der Waals surface area contributed by atoms with E-state index in [1.807, 2.05) is 38.1 Å². The Morgan fingerprint density at radius 3 is 2.33 bits per heavy atom. The van der Waals surface area contributed by atoms with Crippen molar-refractivity contribution in [3.63, 3.8) is 0 Å². The molecule has 1 aromatic heterocycles. The molecular formula is C30H49N3O3. The van der Waals surface area contributed by atoms with E-state index in [0.717, 1.165) is 11.9 Å². The standard InChI is InChI=1S/C25H35N3O3.C3H8.C2H6/c1-4-31-25(30)23-24(29)28(22-13-9-8-12-21(22)26-23)18(3)16-20-15-14-17(2)27(20)19-10-6-5-7-11-19;1-3-2;1-2/h8-9,12-13,17-20H,4-7,10-11,14-16H2,1-3H3;3H2,1-2H3;1-2H3. The van der Waals surface area contributed by atoms with Crippen molar-refractivity contribution in [1.29, 1.82) is 0 Å². The van der Waals surface area contributed by atoms with E-state index in [-0.39, 0.29) is 23.9 Å². The van der Waals surface area contributed by atoms with E-state index in [0.29, 0.717) is 23.6 Å². The summed E-state index contributed by atoms with van der Waals surface area (Å²) in [6.07, 6.45) is 11.1. The summed E-state index contributed by atoms with van der Waals surface area (Å²) in [5.41, 5.74) is 0.973. The molecule has 4 rings (SSSR count). The highest BCUT2D eigenvalue weighted by atomic mass is 16.5. The highest BCUT2D eigenvalue weighted by molar-refractivity contribution is 5.89. The Kier molecular flexibility index (Phi) is 12.6. The van der Waals surface area contributed by atoms with Gasteiger partial charge in [-0.2, -0.15) is 0 Å². The second kappa shape index (κ2) is 15.1. The minimum absolute atomic E-state index is 0.0324. The van der Waals surface area contributed by atoms with E-state index in [2.05, 4.69) is 37.6 Å². The summed E-state index contributed by atoms with van der Waals surface area (Å²) in [6, 6.07) is 9.28. The SMILES string of the molecule is CC.CCC.CCOC(=O)c1nc2ccccc2n(C(C)CC2CCC(C)N2C2CCCCC2)c1=O. The molecule has 6 heteroatoms. The number of carbonyl (C=O) groups is 1. The molecular weight excluding hydrogens is 450 g/mol. The quantitative estimate of drug-likeness (QED) is 0.395. The smallest absolute Gasteiger partial charge is 0.362 e. The first-order valence-corrected chi connectivity index (χ1v) is 14.4. The highest BCUT2D eigenvalue weighted by Crippen LogP contribution is 2.36. The molecule has 0 radical (unpaired) electrons. The molecule has 0 amide bonds. The lowest BCUT2D eigenvalue weighted by Crippen LogP contribution is -2.45. The van der Waals surface area contributed by atoms with Gasteiger partial charge in [-0.1, -0.05) is 65.5 Å². The zero-order chi connectivity index (χ0) is 26.7. The summed E-state index contributed by atoms with van der Waals surface area (Å²) >= 11 is 0. The lowest BCUT2D eigenvalue weighted by molar-refractivity contribution is 0.0516. The molecule has 2 heterocycles. The first kappa shape index (κ1) is 30.0. The van der Waals surface area contributed by atoms with Gasteiger partial charge in [-0.25, -0.2) is 9.78 Å². The third kappa shape index (κ3) is 7.18. The second-order valence-electron chi connectivity index (χ2n) is 9.96. The largest absolute Gasteiger partial charge is 0.461 e. The fourth-order valence-corrected chi connectivity index (χ4v) is 5.79. The van der Waals surface area contributed by atoms with Crippen molar-refractivity contribution in [3.05, 3.63) is 40.3 Å². The number of fused-ring (bicyclic) bond motifs is 1. The number of aromatic nitrogens is 2. The molecule has 3 atom stereocenters. The Morgan fingerprint density at radius 1 is 1.06 bits per heavy atom. The average Bonchev–Trinajstić information content (AvgIpc) is 3.25. The predicted octanol–water partition coefficient (Wildman–Crippen LogP) is 7.15. The third-order valence-electron chi connectivity index (χ3n) is 7.16. The third-order valence-corrected chi connectivity index (χ3v) is 7.16. The molecule has 202 valence electrons. The van der Waals surface area contributed by atoms with Crippen LogP contribution in [0.1, 0.15) is 123 Å². The van der Waals surface area contributed by atoms with Gasteiger partial charge in [0.2, 0.25) is 5.69 Å². The zero-order valence-electron chi connectivity index (χ0n) is 23.8. The van der Waals surface area contributed by atoms with Crippen molar-refractivity contribution in [2.75, 3.05) is 6.61 Å². The van der Waals surface area contributed by atoms with E-state index < -0.39 is 5.97 Å². The van der Waals surface area contributed by atoms with Crippen LogP contribution in [-0.4, -0.2) is 45.2 Å². The maximum absolute atomic E-state index is 13.3. The van der Waals surface area contributed by atoms with Gasteiger partial charge in [0.15, 0.2) is 0 Å². The Bertz CT molecular complexity index is 997. The lowest BCUT2D eigenvalue weighted by Gasteiger charge is -2.39. The normalized spacial score (nSPS) is 21.2. The number of likely N-dealkylation sites (tertiary alicyclic amines) is 1. The Morgan fingerprint density at radius 2 is 1.69 bits per heavy atom. The summed E-state index contributed by atoms with van der Waals surface area (Å²) in [6.45, 7) is 14.7. The van der Waals surface area contributed by atoms with Gasteiger partial charge in [0.25, 0.3) is 5.56 Å². The van der Waals surface area contributed by atoms with E-state index >= 15 is 0 Å². The van der Waals surface area contributed by atoms with Gasteiger partial charge in [-0.15, -0.1) is 0 Å². The Balaban J connectivity index is 0.000000850. The molecule has 0 N–H and O–H groups in total. The van der Waals surface area contributed by atoms with Gasteiger partial charge >= 0.3 is 5.97 Å². The van der Waals surface area contributed by atoms with Crippen LogP contribution in [0, 0.1) is 0 Å². The molecule has 0 bridgehead atoms. The number of benzene rings is 1. The molecule has 3 unspecified atom stereocenters. The van der Waals surface area contributed by atoms with Crippen molar-refractivity contribution in [1.82, 2.24) is 14.5 Å². The summed E-state index contributed by atoms with van der Waals surface area (Å²) in [5.74, 6) is -0.641. The number of rotatable bonds is 6. The second-order valence-corrected chi connectivity index (χ2v) is 9.96. The first-order chi connectivity index (χ1) is 17.4. The van der Waals surface area contributed by atoms with Crippen molar-refractivity contribution < 1.29 is 9.53 Å². The summed E-state index contributed by atoms with van der Waals surface area (Å²) in [5, 5.41) is 0. The van der Waals surface area contributed by atoms with E-state index in [1.165, 1.54) is 51.4 Å². The van der Waals surface area contributed by atoms with E-state index in [9.17, 15) is 9.59 Å². The number of nitrogens with zero attached hydrogens (tertiary/aromatic N) is 3. The monoisotopic (exact) mass is 499 g/mol. The van der Waals surface area contributed by atoms with E-state index in [4.69, 9.17) is 4.74 Å². The Labute approximate surface area is 218 Å². The fraction of sp³-hybridized carbons (Fsp3) is 0.700. The molecule has 1 aliphatic carbocycles. The van der Waals surface area contributed by atoms with Crippen LogP contribution in [0.2, 0.25) is 0 Å². The number of hydrogen-bond acceptors (Lipinski definition) is 5. The molecule has 2 fully saturated rings. The molecule has 1 aromatic carbocycles. The van der Waals surface area contributed by atoms with Crippen LogP contribution in [-0.2, 0) is 4.74 Å². The van der Waals surface area contributed by atoms with Crippen LogP contribution in [0.25, 0.3) is 11.0 Å². The number of hydrogen-bond donors (Lipinski definition) is 0. The predicted molar refractivity (Wildman–Crippen MR) is 150 cm³/mol. The highest BCUT2D eigenvalue weighted by Gasteiger charge is 2.37. The molecule has 1 saturated heterocycles. The first-order valence-electron chi connectivity index (χ1n) is 14.4. The minimum Gasteiger partial charge on any atom is -0.461 e. The maximum atomic E-state index is 13.3. The zero-order valence-corrected chi connectivity index (χ0v) is 23.8. The summed E-state index contributed by atoms with van der Waals surface area (Å²) in [7, 11) is 0. The molecule has 2 aromatic rings. The molecule has 2 aliphatic rings. The number of esters is 1. The van der Waals surface area contributed by atoms with Gasteiger partial charge in [0.1, 0.15) is 0 Å². The maximum Gasteiger partial charge on any atom is 0.362 e. The van der Waals surface area contributed by atoms with Crippen LogP contribution in [0.4, 0.5) is 0 Å². The summed E-state index contributed by atoms with van der Waals surface area (Å²) < 4.78 is 6.89. The molecule has 36 heavy (non-hydrogen) atoms. The molecule has 6 nitrogen and oxygen atoms in total. The van der Waals surface area contributed by atoms with Crippen LogP contribution in [0.3, 0.4) is 0 Å². The number of ether oxygens (including phenoxy) is 1. The van der Waals surface area contributed by atoms with Crippen molar-refractivity contribution >= 4 is 17.0 Å². The van der Waals surface area contributed by atoms with Gasteiger partial charge < -0.3 is 9.30 Å². The molecule has 1 saturated carbocycles. The van der Waals surface area contributed by atoms with Crippen molar-refractivity contribution in [2.45, 2.75) is 130 Å². The fourth-order valence-electron chi connectivity index (χ4n) is 5.79. The topological polar surface area (TPSA) is 64.4 Å². The van der Waals surface area contributed by atoms with Crippen molar-refractivity contribution in [2.24, 2.45) is 0 Å². The van der Waals surface area contributed by atoms with Crippen LogP contribution >= 0.6 is 0 Å². The molecule has 0 spiro atoms. The van der Waals surface area contributed by atoms with Crippen LogP contribution < -0.4 is 5.56 Å². The number of para-hydroxylation sites is 2. The number of carbonyl (C=O) groups excluding carboxylic acids is 1. The Hall–Kier alpha value is -2.21. The van der Waals surface area contributed by atoms with E-state index in [1.54, 1.807) is 11.5 Å². The average molecular weight is 500 g/mol. The summed E-state index contributed by atoms with van der Waals surface area (Å²) in [4.78, 5) is 32.9. The van der Waals surface area contributed by atoms with Gasteiger partial charge in [0.05, 0.1) is 17.6 Å².